The number of benzene rings is 2. The van der Waals surface area contributed by atoms with Gasteiger partial charge in [0.25, 0.3) is 0 Å². The highest BCUT2D eigenvalue weighted by Gasteiger charge is 2.33. The van der Waals surface area contributed by atoms with E-state index >= 15 is 8.78 Å². The number of carboxylic acids is 1. The Morgan fingerprint density at radius 2 is 1.62 bits per heavy atom. The Hall–Kier alpha value is -3.99. The third-order valence-electron chi connectivity index (χ3n) is 8.96. The Labute approximate surface area is 280 Å². The van der Waals surface area contributed by atoms with Gasteiger partial charge in [-0.3, -0.25) is 19.1 Å². The molecule has 0 saturated carbocycles. The molecule has 1 aliphatic rings. The lowest BCUT2D eigenvalue weighted by atomic mass is 9.88. The predicted octanol–water partition coefficient (Wildman–Crippen LogP) is 6.66. The zero-order valence-electron chi connectivity index (χ0n) is 29.1. The number of aryl methyl sites for hydroxylation is 4. The van der Waals surface area contributed by atoms with Gasteiger partial charge >= 0.3 is 11.7 Å². The van der Waals surface area contributed by atoms with Gasteiger partial charge in [-0.2, -0.15) is 4.98 Å². The van der Waals surface area contributed by atoms with E-state index in [9.17, 15) is 23.9 Å². The minimum atomic E-state index is -1.58. The van der Waals surface area contributed by atoms with E-state index in [0.717, 1.165) is 22.3 Å². The Kier molecular flexibility index (Phi) is 11.6. The summed E-state index contributed by atoms with van der Waals surface area (Å²) >= 11 is 0. The molecule has 2 aromatic carbocycles. The molecule has 1 aromatic heterocycles. The summed E-state index contributed by atoms with van der Waals surface area (Å²) in [6, 6.07) is 2.46. The Morgan fingerprint density at radius 3 is 2.17 bits per heavy atom. The lowest BCUT2D eigenvalue weighted by Gasteiger charge is -2.34. The van der Waals surface area contributed by atoms with Crippen molar-refractivity contribution >= 4 is 11.9 Å². The highest BCUT2D eigenvalue weighted by Crippen LogP contribution is 2.37. The standard InChI is InChI=1S/C37H47F3N4O4/c1-19(2)11-29(44-16-25(9-10-43-17-26(38)18-43)35(20(3)4)42-37(44)48)36(47)41-28(15-30(45)46)32-33(39)24(8)14-27(34(32)40)31-22(6)12-21(5)13-23(31)7/h12-14,16,19-20,26,28-29H,9-11,15,17-18H2,1-8H3,(H,41,47)(H,45,46)/t28-,29-/m0/s1. The maximum absolute atomic E-state index is 16.5. The van der Waals surface area contributed by atoms with E-state index < -0.39 is 59.4 Å². The molecule has 2 heterocycles. The van der Waals surface area contributed by atoms with E-state index in [4.69, 9.17) is 0 Å². The molecule has 1 amide bonds. The lowest BCUT2D eigenvalue weighted by Crippen LogP contribution is -2.49. The fraction of sp³-hybridized carbons (Fsp3) is 0.514. The van der Waals surface area contributed by atoms with Gasteiger partial charge in [0.05, 0.1) is 18.2 Å². The predicted molar refractivity (Wildman–Crippen MR) is 180 cm³/mol. The molecule has 2 atom stereocenters. The van der Waals surface area contributed by atoms with Gasteiger partial charge in [0.15, 0.2) is 0 Å². The van der Waals surface area contributed by atoms with Crippen molar-refractivity contribution in [3.63, 3.8) is 0 Å². The number of carboxylic acid groups (broad SMARTS) is 1. The quantitative estimate of drug-likeness (QED) is 0.211. The van der Waals surface area contributed by atoms with Crippen LogP contribution in [0.5, 0.6) is 0 Å². The smallest absolute Gasteiger partial charge is 0.348 e. The molecule has 0 bridgehead atoms. The van der Waals surface area contributed by atoms with Crippen molar-refractivity contribution in [2.75, 3.05) is 19.6 Å². The molecule has 48 heavy (non-hydrogen) atoms. The largest absolute Gasteiger partial charge is 0.481 e. The van der Waals surface area contributed by atoms with Crippen LogP contribution in [0.25, 0.3) is 11.1 Å². The summed E-state index contributed by atoms with van der Waals surface area (Å²) < 4.78 is 47.1. The molecule has 1 saturated heterocycles. The number of nitrogens with one attached hydrogen (secondary N) is 1. The second-order valence-corrected chi connectivity index (χ2v) is 14.0. The second-order valence-electron chi connectivity index (χ2n) is 14.0. The van der Waals surface area contributed by atoms with Crippen LogP contribution in [0.4, 0.5) is 13.2 Å². The molecule has 0 aliphatic carbocycles. The summed E-state index contributed by atoms with van der Waals surface area (Å²) in [4.78, 5) is 45.9. The molecule has 0 spiro atoms. The number of aliphatic carboxylic acids is 1. The molecule has 0 radical (unpaired) electrons. The van der Waals surface area contributed by atoms with Gasteiger partial charge in [-0.15, -0.1) is 0 Å². The Morgan fingerprint density at radius 1 is 1.00 bits per heavy atom. The van der Waals surface area contributed by atoms with Crippen LogP contribution in [0.15, 0.2) is 29.2 Å². The van der Waals surface area contributed by atoms with E-state index in [0.29, 0.717) is 37.3 Å². The molecule has 4 rings (SSSR count). The van der Waals surface area contributed by atoms with Crippen molar-refractivity contribution in [1.29, 1.82) is 0 Å². The molecular formula is C37H47F3N4O4. The molecule has 2 N–H and O–H groups in total. The van der Waals surface area contributed by atoms with Gasteiger partial charge in [0.2, 0.25) is 5.91 Å². The molecule has 0 unspecified atom stereocenters. The van der Waals surface area contributed by atoms with Gasteiger partial charge < -0.3 is 10.4 Å². The van der Waals surface area contributed by atoms with Crippen LogP contribution >= 0.6 is 0 Å². The Balaban J connectivity index is 1.78. The molecule has 1 aliphatic heterocycles. The number of halogens is 3. The van der Waals surface area contributed by atoms with Crippen LogP contribution < -0.4 is 11.0 Å². The van der Waals surface area contributed by atoms with Crippen molar-refractivity contribution in [3.8, 4) is 11.1 Å². The highest BCUT2D eigenvalue weighted by molar-refractivity contribution is 5.82. The first-order chi connectivity index (χ1) is 22.5. The number of hydrogen-bond acceptors (Lipinski definition) is 5. The average Bonchev–Trinajstić information content (AvgIpc) is 2.95. The summed E-state index contributed by atoms with van der Waals surface area (Å²) in [6.45, 7) is 15.8. The van der Waals surface area contributed by atoms with Crippen molar-refractivity contribution in [1.82, 2.24) is 19.8 Å². The maximum Gasteiger partial charge on any atom is 0.348 e. The topological polar surface area (TPSA) is 105 Å². The molecule has 260 valence electrons. The van der Waals surface area contributed by atoms with Crippen LogP contribution in [0.1, 0.15) is 97.6 Å². The first kappa shape index (κ1) is 36.8. The normalized spacial score (nSPS) is 15.1. The minimum absolute atomic E-state index is 0.0899. The van der Waals surface area contributed by atoms with E-state index in [2.05, 4.69) is 10.3 Å². The molecule has 1 fully saturated rings. The van der Waals surface area contributed by atoms with Gasteiger partial charge in [-0.05, 0) is 86.3 Å². The van der Waals surface area contributed by atoms with Crippen molar-refractivity contribution < 1.29 is 27.9 Å². The van der Waals surface area contributed by atoms with Crippen molar-refractivity contribution in [3.05, 3.63) is 85.6 Å². The summed E-state index contributed by atoms with van der Waals surface area (Å²) in [6.07, 6.45) is 0.605. The average molecular weight is 669 g/mol. The fourth-order valence-corrected chi connectivity index (χ4v) is 6.76. The summed E-state index contributed by atoms with van der Waals surface area (Å²) in [5.41, 5.74) is 3.39. The van der Waals surface area contributed by atoms with E-state index in [1.54, 1.807) is 6.20 Å². The number of carbonyl (C=O) groups is 2. The van der Waals surface area contributed by atoms with E-state index in [1.165, 1.54) is 17.6 Å². The maximum atomic E-state index is 16.5. The first-order valence-electron chi connectivity index (χ1n) is 16.6. The van der Waals surface area contributed by atoms with Crippen molar-refractivity contribution in [2.24, 2.45) is 5.92 Å². The van der Waals surface area contributed by atoms with Crippen LogP contribution in [0.2, 0.25) is 0 Å². The van der Waals surface area contributed by atoms with Gasteiger partial charge in [0, 0.05) is 37.0 Å². The number of likely N-dealkylation sites (tertiary alicyclic amines) is 1. The number of nitrogens with zero attached hydrogens (tertiary/aromatic N) is 3. The first-order valence-corrected chi connectivity index (χ1v) is 16.6. The number of alkyl halides is 1. The highest BCUT2D eigenvalue weighted by atomic mass is 19.1. The molecule has 8 nitrogen and oxygen atoms in total. The SMILES string of the molecule is Cc1cc(C)c(-c2cc(C)c(F)c([C@H](CC(=O)O)NC(=O)[C@H](CC(C)C)n3cc(CCN4CC(F)C4)c(C(C)C)nc3=O)c2F)c(C)c1. The monoisotopic (exact) mass is 668 g/mol. The third kappa shape index (κ3) is 8.17. The van der Waals surface area contributed by atoms with Crippen LogP contribution in [0.3, 0.4) is 0 Å². The van der Waals surface area contributed by atoms with Crippen LogP contribution in [-0.4, -0.2) is 57.2 Å². The lowest BCUT2D eigenvalue weighted by molar-refractivity contribution is -0.138. The van der Waals surface area contributed by atoms with Crippen LogP contribution in [0, 0.1) is 45.2 Å². The summed E-state index contributed by atoms with van der Waals surface area (Å²) in [5, 5.41) is 12.4. The van der Waals surface area contributed by atoms with Gasteiger partial charge in [-0.1, -0.05) is 45.4 Å². The third-order valence-corrected chi connectivity index (χ3v) is 8.96. The van der Waals surface area contributed by atoms with Gasteiger partial charge in [0.1, 0.15) is 23.8 Å². The van der Waals surface area contributed by atoms with Gasteiger partial charge in [-0.25, -0.2) is 18.0 Å². The summed E-state index contributed by atoms with van der Waals surface area (Å²) in [7, 11) is 0. The number of rotatable bonds is 13. The zero-order valence-corrected chi connectivity index (χ0v) is 29.1. The summed E-state index contributed by atoms with van der Waals surface area (Å²) in [5.74, 6) is -4.21. The fourth-order valence-electron chi connectivity index (χ4n) is 6.76. The van der Waals surface area contributed by atoms with Crippen molar-refractivity contribution in [2.45, 2.75) is 98.8 Å². The number of amides is 1. The van der Waals surface area contributed by atoms with E-state index in [-0.39, 0.29) is 29.4 Å². The van der Waals surface area contributed by atoms with Crippen LogP contribution in [-0.2, 0) is 16.0 Å². The zero-order chi connectivity index (χ0) is 35.6. The molecule has 11 heteroatoms. The molecule has 3 aromatic rings. The van der Waals surface area contributed by atoms with E-state index in [1.807, 2.05) is 65.5 Å². The number of carbonyl (C=O) groups excluding carboxylic acids is 1. The second kappa shape index (κ2) is 15.1. The minimum Gasteiger partial charge on any atom is -0.481 e. The Bertz CT molecular complexity index is 1720. The number of aromatic nitrogens is 2. The molecular weight excluding hydrogens is 621 g/mol. The number of hydrogen-bond donors (Lipinski definition) is 2.